The van der Waals surface area contributed by atoms with Crippen LogP contribution in [-0.2, 0) is 5.16 Å². The Morgan fingerprint density at radius 2 is 0.758 bits per heavy atom. The lowest BCUT2D eigenvalue weighted by Gasteiger charge is -2.47. The Morgan fingerprint density at radius 3 is 1.00 bits per heavy atom. The molecule has 0 amide bonds. The van der Waals surface area contributed by atoms with Crippen LogP contribution >= 0.6 is 7.26 Å². The molecule has 0 aromatic heterocycles. The van der Waals surface area contributed by atoms with Gasteiger partial charge in [-0.05, 0) is 19.3 Å². The molecule has 0 saturated heterocycles. The van der Waals surface area contributed by atoms with E-state index in [-0.39, 0.29) is 13.6 Å². The van der Waals surface area contributed by atoms with Crippen LogP contribution in [0.4, 0.5) is 0 Å². The highest BCUT2D eigenvalue weighted by atomic mass is 31.2. The van der Waals surface area contributed by atoms with E-state index in [0.717, 1.165) is 0 Å². The van der Waals surface area contributed by atoms with Gasteiger partial charge in [-0.15, -0.1) is 0 Å². The SMILES string of the molecule is CCCC[P+](CCCC)(CCCC)C(c1ccccc1)(c1ccccc1)c1ccccc1.[B-]. The molecule has 174 valence electrons. The number of rotatable bonds is 13. The largest absolute Gasteiger partial charge is 1.00 e. The highest BCUT2D eigenvalue weighted by Crippen LogP contribution is 2.78. The zero-order chi connectivity index (χ0) is 22.7. The van der Waals surface area contributed by atoms with Crippen molar-refractivity contribution in [1.82, 2.24) is 0 Å². The fourth-order valence-electron chi connectivity index (χ4n) is 5.58. The van der Waals surface area contributed by atoms with Crippen LogP contribution < -0.4 is 0 Å². The molecule has 3 aromatic carbocycles. The third-order valence-electron chi connectivity index (χ3n) is 7.11. The third-order valence-corrected chi connectivity index (χ3v) is 12.8. The van der Waals surface area contributed by atoms with E-state index >= 15 is 0 Å². The minimum absolute atomic E-state index is 0. The van der Waals surface area contributed by atoms with Gasteiger partial charge in [0.1, 0.15) is 0 Å². The molecule has 0 bridgehead atoms. The van der Waals surface area contributed by atoms with Crippen LogP contribution in [-0.4, -0.2) is 26.9 Å². The first kappa shape index (κ1) is 27.4. The fourth-order valence-corrected chi connectivity index (χ4v) is 12.1. The van der Waals surface area contributed by atoms with Gasteiger partial charge in [0.2, 0.25) is 0 Å². The monoisotopic (exact) mass is 456 g/mol. The van der Waals surface area contributed by atoms with E-state index in [9.17, 15) is 0 Å². The lowest BCUT2D eigenvalue weighted by Crippen LogP contribution is -2.37. The van der Waals surface area contributed by atoms with Gasteiger partial charge in [0.15, 0.2) is 5.16 Å². The number of hydrogen-bond donors (Lipinski definition) is 0. The fraction of sp³-hybridized carbons (Fsp3) is 0.419. The summed E-state index contributed by atoms with van der Waals surface area (Å²) in [5.41, 5.74) is 4.48. The van der Waals surface area contributed by atoms with Crippen molar-refractivity contribution in [1.29, 1.82) is 0 Å². The van der Waals surface area contributed by atoms with Crippen molar-refractivity contribution in [3.63, 3.8) is 0 Å². The molecule has 3 rings (SSSR count). The first-order valence-electron chi connectivity index (χ1n) is 12.8. The summed E-state index contributed by atoms with van der Waals surface area (Å²) in [7, 11) is -1.45. The van der Waals surface area contributed by atoms with Gasteiger partial charge in [-0.3, -0.25) is 0 Å². The number of hydrogen-bond acceptors (Lipinski definition) is 0. The number of benzene rings is 3. The van der Waals surface area contributed by atoms with Gasteiger partial charge >= 0.3 is 0 Å². The molecule has 0 saturated carbocycles. The maximum atomic E-state index is 2.42. The maximum Gasteiger partial charge on any atom is 0.154 e. The molecule has 0 N–H and O–H groups in total. The van der Waals surface area contributed by atoms with Crippen LogP contribution in [0.15, 0.2) is 91.0 Å². The lowest BCUT2D eigenvalue weighted by molar-refractivity contribution is 0.775. The first-order valence-corrected chi connectivity index (χ1v) is 15.1. The Labute approximate surface area is 206 Å². The van der Waals surface area contributed by atoms with Gasteiger partial charge in [0.05, 0.1) is 18.5 Å². The minimum atomic E-state index is -1.45. The Morgan fingerprint density at radius 1 is 0.485 bits per heavy atom. The van der Waals surface area contributed by atoms with Crippen molar-refractivity contribution in [2.75, 3.05) is 18.5 Å². The molecule has 0 spiro atoms. The molecule has 0 aliphatic carbocycles. The summed E-state index contributed by atoms with van der Waals surface area (Å²) in [5, 5.41) is -0.0453. The second-order valence-electron chi connectivity index (χ2n) is 9.19. The van der Waals surface area contributed by atoms with Crippen molar-refractivity contribution in [2.24, 2.45) is 0 Å². The van der Waals surface area contributed by atoms with Crippen molar-refractivity contribution in [3.8, 4) is 0 Å². The molecule has 0 heterocycles. The van der Waals surface area contributed by atoms with E-state index < -0.39 is 7.26 Å². The average Bonchev–Trinajstić information content (AvgIpc) is 2.87. The molecule has 0 aliphatic heterocycles. The molecule has 2 heteroatoms. The smallest absolute Gasteiger partial charge is 0.154 e. The van der Waals surface area contributed by atoms with Gasteiger partial charge in [-0.1, -0.05) is 131 Å². The average molecular weight is 456 g/mol. The maximum absolute atomic E-state index is 2.42. The second-order valence-corrected chi connectivity index (χ2v) is 13.5. The first-order chi connectivity index (χ1) is 15.7. The molecule has 4 radical (unpaired) electrons. The van der Waals surface area contributed by atoms with Gasteiger partial charge in [-0.2, -0.15) is 0 Å². The van der Waals surface area contributed by atoms with E-state index in [2.05, 4.69) is 112 Å². The minimum Gasteiger partial charge on any atom is -1.00 e. The standard InChI is InChI=1S/C31H42P.B/c1-4-7-25-32(26-8-5-2,27-9-6-3)31(28-19-13-10-14-20-28,29-21-15-11-16-22-29)30-23-17-12-18-24-30;/h10-24H,4-9,25-27H2,1-3H3;/q+1;-1. The molecular formula is C31H42BP. The van der Waals surface area contributed by atoms with Gasteiger partial charge in [0, 0.05) is 24.0 Å². The van der Waals surface area contributed by atoms with Gasteiger partial charge in [-0.25, -0.2) is 0 Å². The molecule has 0 unspecified atom stereocenters. The van der Waals surface area contributed by atoms with Gasteiger partial charge < -0.3 is 8.41 Å². The Hall–Kier alpha value is -1.85. The van der Waals surface area contributed by atoms with Crippen molar-refractivity contribution < 1.29 is 0 Å². The zero-order valence-corrected chi connectivity index (χ0v) is 21.9. The van der Waals surface area contributed by atoms with E-state index in [1.165, 1.54) is 73.7 Å². The predicted octanol–water partition coefficient (Wildman–Crippen LogP) is 9.02. The van der Waals surface area contributed by atoms with Crippen LogP contribution in [0.3, 0.4) is 0 Å². The van der Waals surface area contributed by atoms with E-state index in [0.29, 0.717) is 0 Å². The van der Waals surface area contributed by atoms with Crippen LogP contribution in [0.25, 0.3) is 0 Å². The normalized spacial score (nSPS) is 11.7. The Balaban J connectivity index is 0.00000385. The summed E-state index contributed by atoms with van der Waals surface area (Å²) in [4.78, 5) is 0. The molecule has 0 aliphatic rings. The highest BCUT2D eigenvalue weighted by Gasteiger charge is 2.59. The van der Waals surface area contributed by atoms with Crippen molar-refractivity contribution >= 4 is 15.7 Å². The quantitative estimate of drug-likeness (QED) is 0.137. The molecular weight excluding hydrogens is 414 g/mol. The molecule has 3 aromatic rings. The van der Waals surface area contributed by atoms with Crippen molar-refractivity contribution in [3.05, 3.63) is 108 Å². The summed E-state index contributed by atoms with van der Waals surface area (Å²) in [6, 6.07) is 34.5. The topological polar surface area (TPSA) is 0 Å². The van der Waals surface area contributed by atoms with Crippen LogP contribution in [0.1, 0.15) is 76.0 Å². The van der Waals surface area contributed by atoms with Crippen LogP contribution in [0, 0.1) is 0 Å². The van der Waals surface area contributed by atoms with E-state index in [1.54, 1.807) is 0 Å². The van der Waals surface area contributed by atoms with Gasteiger partial charge in [0.25, 0.3) is 0 Å². The van der Waals surface area contributed by atoms with E-state index in [4.69, 9.17) is 0 Å². The molecule has 0 atom stereocenters. The molecule has 33 heavy (non-hydrogen) atoms. The van der Waals surface area contributed by atoms with E-state index in [1.807, 2.05) is 0 Å². The van der Waals surface area contributed by atoms with Crippen molar-refractivity contribution in [2.45, 2.75) is 64.5 Å². The summed E-state index contributed by atoms with van der Waals surface area (Å²) in [6.45, 7) is 7.09. The Bertz CT molecular complexity index is 774. The highest BCUT2D eigenvalue weighted by molar-refractivity contribution is 7.77. The summed E-state index contributed by atoms with van der Waals surface area (Å²) in [6.07, 6.45) is 11.9. The summed E-state index contributed by atoms with van der Waals surface area (Å²) < 4.78 is 0. The Kier molecular flexibility index (Phi) is 11.4. The summed E-state index contributed by atoms with van der Waals surface area (Å²) >= 11 is 0. The number of unbranched alkanes of at least 4 members (excludes halogenated alkanes) is 3. The lowest BCUT2D eigenvalue weighted by atomic mass is 9.84. The predicted molar refractivity (Wildman–Crippen MR) is 151 cm³/mol. The summed E-state index contributed by atoms with van der Waals surface area (Å²) in [5.74, 6) is 0. The van der Waals surface area contributed by atoms with Crippen LogP contribution in [0.5, 0.6) is 0 Å². The second kappa shape index (κ2) is 13.8. The molecule has 0 nitrogen and oxygen atoms in total. The third kappa shape index (κ3) is 5.81. The zero-order valence-electron chi connectivity index (χ0n) is 21.0. The van der Waals surface area contributed by atoms with Crippen LogP contribution in [0.2, 0.25) is 0 Å². The molecule has 0 fully saturated rings.